The number of nitrogens with two attached hydrogens (primary N) is 1. The van der Waals surface area contributed by atoms with Crippen molar-refractivity contribution in [3.63, 3.8) is 0 Å². The Balaban J connectivity index is 1.94. The molecule has 21 heavy (non-hydrogen) atoms. The van der Waals surface area contributed by atoms with Gasteiger partial charge in [-0.15, -0.1) is 0 Å². The molecule has 2 saturated heterocycles. The average molecular weight is 297 g/mol. The van der Waals surface area contributed by atoms with Gasteiger partial charge in [0, 0.05) is 31.5 Å². The Morgan fingerprint density at radius 1 is 1.48 bits per heavy atom. The Bertz CT molecular complexity index is 444. The predicted octanol–water partition coefficient (Wildman–Crippen LogP) is -0.606. The molecular formula is C14H23N3O4. The van der Waals surface area contributed by atoms with Gasteiger partial charge in [0.15, 0.2) is 0 Å². The lowest BCUT2D eigenvalue weighted by molar-refractivity contribution is -0.142. The highest BCUT2D eigenvalue weighted by molar-refractivity contribution is 5.84. The van der Waals surface area contributed by atoms with Crippen molar-refractivity contribution in [1.29, 1.82) is 0 Å². The zero-order valence-corrected chi connectivity index (χ0v) is 12.6. The van der Waals surface area contributed by atoms with Crippen LogP contribution in [0.3, 0.4) is 0 Å². The van der Waals surface area contributed by atoms with Crippen molar-refractivity contribution in [3.05, 3.63) is 0 Å². The molecule has 7 nitrogen and oxygen atoms in total. The summed E-state index contributed by atoms with van der Waals surface area (Å²) in [5, 5.41) is 3.06. The van der Waals surface area contributed by atoms with E-state index in [4.69, 9.17) is 5.73 Å². The molecule has 0 aromatic carbocycles. The first-order chi connectivity index (χ1) is 9.87. The molecular weight excluding hydrogens is 274 g/mol. The third kappa shape index (κ3) is 3.34. The van der Waals surface area contributed by atoms with Crippen LogP contribution in [0.5, 0.6) is 0 Å². The quantitative estimate of drug-likeness (QED) is 0.677. The van der Waals surface area contributed by atoms with E-state index in [0.717, 1.165) is 12.8 Å². The number of amides is 2. The summed E-state index contributed by atoms with van der Waals surface area (Å²) in [6.45, 7) is 2.88. The van der Waals surface area contributed by atoms with Crippen LogP contribution < -0.4 is 11.1 Å². The van der Waals surface area contributed by atoms with Crippen molar-refractivity contribution < 1.29 is 19.1 Å². The third-order valence-corrected chi connectivity index (χ3v) is 4.60. The van der Waals surface area contributed by atoms with Crippen LogP contribution in [0.1, 0.15) is 32.6 Å². The number of rotatable bonds is 3. The summed E-state index contributed by atoms with van der Waals surface area (Å²) < 4.78 is 4.60. The number of carbonyl (C=O) groups excluding carboxylic acids is 3. The summed E-state index contributed by atoms with van der Waals surface area (Å²) >= 11 is 0. The first-order valence-electron chi connectivity index (χ1n) is 7.28. The second-order valence-corrected chi connectivity index (χ2v) is 6.04. The summed E-state index contributed by atoms with van der Waals surface area (Å²) in [4.78, 5) is 36.6. The number of hydrogen-bond acceptors (Lipinski definition) is 5. The minimum atomic E-state index is -0.766. The van der Waals surface area contributed by atoms with Crippen molar-refractivity contribution in [2.45, 2.75) is 44.2 Å². The number of piperidine rings is 1. The lowest BCUT2D eigenvalue weighted by Crippen LogP contribution is -2.51. The van der Waals surface area contributed by atoms with E-state index in [2.05, 4.69) is 10.1 Å². The molecule has 2 amide bonds. The second-order valence-electron chi connectivity index (χ2n) is 6.04. The molecule has 1 spiro atoms. The van der Waals surface area contributed by atoms with Crippen LogP contribution in [0, 0.1) is 5.92 Å². The van der Waals surface area contributed by atoms with Crippen molar-refractivity contribution in [3.8, 4) is 0 Å². The fourth-order valence-electron chi connectivity index (χ4n) is 3.30. The molecule has 2 aliphatic rings. The Kier molecular flexibility index (Phi) is 4.51. The summed E-state index contributed by atoms with van der Waals surface area (Å²) in [6.07, 6.45) is 2.48. The van der Waals surface area contributed by atoms with Gasteiger partial charge in [0.25, 0.3) is 0 Å². The van der Waals surface area contributed by atoms with Crippen LogP contribution in [0.4, 0.5) is 0 Å². The van der Waals surface area contributed by atoms with Gasteiger partial charge in [0.2, 0.25) is 11.8 Å². The fourth-order valence-corrected chi connectivity index (χ4v) is 3.30. The van der Waals surface area contributed by atoms with Crippen LogP contribution in [0.2, 0.25) is 0 Å². The van der Waals surface area contributed by atoms with E-state index in [1.165, 1.54) is 7.11 Å². The Hall–Kier alpha value is -1.63. The molecule has 0 aromatic heterocycles. The number of carbonyl (C=O) groups is 3. The first-order valence-corrected chi connectivity index (χ1v) is 7.28. The molecule has 1 unspecified atom stereocenters. The maximum atomic E-state index is 12.1. The van der Waals surface area contributed by atoms with Gasteiger partial charge in [-0.2, -0.15) is 0 Å². The standard InChI is InChI=1S/C14H23N3O4/c1-9(18)17-5-3-14(4-6-17)8-10(12(19)16-14)7-11(15)13(20)21-2/h10-11H,3-8,15H2,1-2H3,(H,16,19)/t10?,11-/m0/s1. The molecule has 2 heterocycles. The Morgan fingerprint density at radius 3 is 2.62 bits per heavy atom. The third-order valence-electron chi connectivity index (χ3n) is 4.60. The number of methoxy groups -OCH3 is 1. The van der Waals surface area contributed by atoms with Crippen LogP contribution >= 0.6 is 0 Å². The van der Waals surface area contributed by atoms with E-state index in [9.17, 15) is 14.4 Å². The smallest absolute Gasteiger partial charge is 0.322 e. The van der Waals surface area contributed by atoms with E-state index in [1.807, 2.05) is 0 Å². The van der Waals surface area contributed by atoms with Gasteiger partial charge in [-0.05, 0) is 25.7 Å². The number of esters is 1. The van der Waals surface area contributed by atoms with E-state index >= 15 is 0 Å². The van der Waals surface area contributed by atoms with Crippen molar-refractivity contribution in [1.82, 2.24) is 10.2 Å². The molecule has 3 N–H and O–H groups in total. The highest BCUT2D eigenvalue weighted by Gasteiger charge is 2.46. The van der Waals surface area contributed by atoms with Gasteiger partial charge in [-0.25, -0.2) is 0 Å². The van der Waals surface area contributed by atoms with Crippen molar-refractivity contribution in [2.75, 3.05) is 20.2 Å². The number of ether oxygens (including phenoxy) is 1. The van der Waals surface area contributed by atoms with Crippen LogP contribution in [0.15, 0.2) is 0 Å². The Morgan fingerprint density at radius 2 is 2.10 bits per heavy atom. The van der Waals surface area contributed by atoms with Gasteiger partial charge in [-0.3, -0.25) is 14.4 Å². The fraction of sp³-hybridized carbons (Fsp3) is 0.786. The minimum Gasteiger partial charge on any atom is -0.468 e. The average Bonchev–Trinajstić information content (AvgIpc) is 2.74. The molecule has 2 fully saturated rings. The zero-order valence-electron chi connectivity index (χ0n) is 12.6. The van der Waals surface area contributed by atoms with Gasteiger partial charge < -0.3 is 20.7 Å². The number of nitrogens with zero attached hydrogens (tertiary/aromatic N) is 1. The SMILES string of the molecule is COC(=O)[C@@H](N)CC1CC2(CCN(C(C)=O)CC2)NC1=O. The molecule has 2 aliphatic heterocycles. The number of hydrogen-bond donors (Lipinski definition) is 2. The molecule has 0 aliphatic carbocycles. The van der Waals surface area contributed by atoms with E-state index < -0.39 is 12.0 Å². The maximum absolute atomic E-state index is 12.1. The maximum Gasteiger partial charge on any atom is 0.322 e. The molecule has 2 atom stereocenters. The lowest BCUT2D eigenvalue weighted by Gasteiger charge is -2.39. The summed E-state index contributed by atoms with van der Waals surface area (Å²) in [6, 6.07) is -0.766. The molecule has 118 valence electrons. The van der Waals surface area contributed by atoms with Gasteiger partial charge in [0.1, 0.15) is 6.04 Å². The highest BCUT2D eigenvalue weighted by Crippen LogP contribution is 2.36. The summed E-state index contributed by atoms with van der Waals surface area (Å²) in [5.74, 6) is -0.734. The van der Waals surface area contributed by atoms with E-state index in [1.54, 1.807) is 11.8 Å². The predicted molar refractivity (Wildman–Crippen MR) is 75.1 cm³/mol. The van der Waals surface area contributed by atoms with Gasteiger partial charge in [-0.1, -0.05) is 0 Å². The number of likely N-dealkylation sites (tertiary alicyclic amines) is 1. The van der Waals surface area contributed by atoms with E-state index in [-0.39, 0.29) is 23.3 Å². The van der Waals surface area contributed by atoms with Crippen LogP contribution in [-0.4, -0.2) is 54.5 Å². The van der Waals surface area contributed by atoms with Gasteiger partial charge >= 0.3 is 5.97 Å². The van der Waals surface area contributed by atoms with E-state index in [0.29, 0.717) is 25.9 Å². The minimum absolute atomic E-state index is 0.0503. The molecule has 0 radical (unpaired) electrons. The molecule has 0 bridgehead atoms. The highest BCUT2D eigenvalue weighted by atomic mass is 16.5. The second kappa shape index (κ2) is 6.01. The summed E-state index contributed by atoms with van der Waals surface area (Å²) in [5.41, 5.74) is 5.50. The first kappa shape index (κ1) is 15.8. The van der Waals surface area contributed by atoms with Gasteiger partial charge in [0.05, 0.1) is 7.11 Å². The largest absolute Gasteiger partial charge is 0.468 e. The molecule has 0 saturated carbocycles. The lowest BCUT2D eigenvalue weighted by atomic mass is 9.82. The molecule has 7 heteroatoms. The molecule has 0 aromatic rings. The molecule has 2 rings (SSSR count). The van der Waals surface area contributed by atoms with Crippen LogP contribution in [0.25, 0.3) is 0 Å². The monoisotopic (exact) mass is 297 g/mol. The van der Waals surface area contributed by atoms with Crippen LogP contribution in [-0.2, 0) is 19.1 Å². The Labute approximate surface area is 124 Å². The topological polar surface area (TPSA) is 102 Å². The van der Waals surface area contributed by atoms with Crippen molar-refractivity contribution in [2.24, 2.45) is 11.7 Å². The number of nitrogens with one attached hydrogen (secondary N) is 1. The zero-order chi connectivity index (χ0) is 15.6. The van der Waals surface area contributed by atoms with Crippen molar-refractivity contribution >= 4 is 17.8 Å². The summed E-state index contributed by atoms with van der Waals surface area (Å²) in [7, 11) is 1.29. The normalized spacial score (nSPS) is 25.6.